The minimum absolute atomic E-state index is 0.0517. The number of carbonyl (C=O) groups is 1. The summed E-state index contributed by atoms with van der Waals surface area (Å²) in [6.45, 7) is 3.22. The monoisotopic (exact) mass is 455 g/mol. The molecule has 9 nitrogen and oxygen atoms in total. The molecule has 0 saturated heterocycles. The maximum Gasteiger partial charge on any atom is 0.293 e. The van der Waals surface area contributed by atoms with Crippen LogP contribution in [0.2, 0.25) is 0 Å². The second-order valence-corrected chi connectivity index (χ2v) is 7.87. The van der Waals surface area contributed by atoms with Crippen LogP contribution in [0.3, 0.4) is 0 Å². The molecule has 0 spiro atoms. The number of aryl methyl sites for hydroxylation is 1. The van der Waals surface area contributed by atoms with Crippen LogP contribution in [-0.4, -0.2) is 54.3 Å². The summed E-state index contributed by atoms with van der Waals surface area (Å²) in [7, 11) is 1.95. The van der Waals surface area contributed by atoms with Crippen molar-refractivity contribution in [1.29, 1.82) is 0 Å². The third-order valence-corrected chi connectivity index (χ3v) is 5.34. The Morgan fingerprint density at radius 2 is 2.09 bits per heavy atom. The van der Waals surface area contributed by atoms with Crippen LogP contribution >= 0.6 is 0 Å². The average Bonchev–Trinajstić information content (AvgIpc) is 3.36. The van der Waals surface area contributed by atoms with Crippen molar-refractivity contribution in [3.63, 3.8) is 0 Å². The minimum Gasteiger partial charge on any atom is -0.341 e. The Morgan fingerprint density at radius 1 is 1.27 bits per heavy atom. The van der Waals surface area contributed by atoms with Crippen LogP contribution in [0.4, 0.5) is 8.78 Å². The molecule has 3 aromatic heterocycles. The van der Waals surface area contributed by atoms with Crippen molar-refractivity contribution >= 4 is 16.8 Å². The summed E-state index contributed by atoms with van der Waals surface area (Å²) >= 11 is 0. The number of hydrogen-bond acceptors (Lipinski definition) is 6. The summed E-state index contributed by atoms with van der Waals surface area (Å²) in [5.74, 6) is -0.528. The summed E-state index contributed by atoms with van der Waals surface area (Å²) in [5, 5.41) is 16.7. The predicted octanol–water partition coefficient (Wildman–Crippen LogP) is 2.58. The number of nitrogens with one attached hydrogen (secondary N) is 2. The van der Waals surface area contributed by atoms with Crippen LogP contribution in [0.5, 0.6) is 0 Å². The zero-order chi connectivity index (χ0) is 23.5. The molecule has 0 atom stereocenters. The van der Waals surface area contributed by atoms with Gasteiger partial charge in [0.05, 0.1) is 18.3 Å². The average molecular weight is 455 g/mol. The third-order valence-electron chi connectivity index (χ3n) is 5.34. The Balaban J connectivity index is 1.63. The highest BCUT2D eigenvalue weighted by molar-refractivity contribution is 5.96. The van der Waals surface area contributed by atoms with Crippen LogP contribution in [0, 0.1) is 18.6 Å². The van der Waals surface area contributed by atoms with E-state index in [1.54, 1.807) is 16.1 Å². The third kappa shape index (κ3) is 5.04. The van der Waals surface area contributed by atoms with Crippen molar-refractivity contribution in [2.24, 2.45) is 0 Å². The predicted molar refractivity (Wildman–Crippen MR) is 116 cm³/mol. The fourth-order valence-electron chi connectivity index (χ4n) is 3.69. The fraction of sp³-hybridized carbons (Fsp3) is 0.273. The van der Waals surface area contributed by atoms with Crippen LogP contribution in [0.25, 0.3) is 10.9 Å². The molecule has 4 rings (SSSR count). The molecule has 3 heterocycles. The molecule has 0 saturated carbocycles. The number of nitrogens with zero attached hydrogens (tertiary/aromatic N) is 5. The molecule has 0 aliphatic heterocycles. The fourth-order valence-corrected chi connectivity index (χ4v) is 3.69. The molecular weight excluding hydrogens is 432 g/mol. The Hall–Kier alpha value is -3.70. The van der Waals surface area contributed by atoms with Crippen molar-refractivity contribution in [3.8, 4) is 0 Å². The lowest BCUT2D eigenvalue weighted by molar-refractivity contribution is 0.0701. The van der Waals surface area contributed by atoms with E-state index in [0.29, 0.717) is 30.6 Å². The van der Waals surface area contributed by atoms with E-state index in [9.17, 15) is 13.6 Å². The van der Waals surface area contributed by atoms with E-state index in [0.717, 1.165) is 28.7 Å². The van der Waals surface area contributed by atoms with E-state index in [-0.39, 0.29) is 12.2 Å². The van der Waals surface area contributed by atoms with Gasteiger partial charge in [-0.15, -0.1) is 0 Å². The number of aromatic amines is 1. The molecule has 1 amide bonds. The maximum absolute atomic E-state index is 14.3. The largest absolute Gasteiger partial charge is 0.341 e. The molecular formula is C22H23F2N7O2. The lowest BCUT2D eigenvalue weighted by atomic mass is 10.1. The minimum atomic E-state index is -0.728. The summed E-state index contributed by atoms with van der Waals surface area (Å²) in [6.07, 6.45) is 4.02. The maximum atomic E-state index is 14.3. The molecule has 3 N–H and O–H groups in total. The van der Waals surface area contributed by atoms with E-state index >= 15 is 0 Å². The second kappa shape index (κ2) is 9.43. The zero-order valence-corrected chi connectivity index (χ0v) is 18.1. The Kier molecular flexibility index (Phi) is 6.43. The van der Waals surface area contributed by atoms with Crippen LogP contribution in [0.1, 0.15) is 33.3 Å². The highest BCUT2D eigenvalue weighted by Gasteiger charge is 2.16. The van der Waals surface area contributed by atoms with Crippen molar-refractivity contribution < 1.29 is 18.8 Å². The standard InChI is InChI=1S/C22H23F2N7O2/c1-13-26-21(28-27-13)5-6-30(2)10-15-12-31(11-14-3-4-16(23)7-18(14)24)20-9-25-19(8-17(15)20)22(32)29-33/h3-4,7-9,12,33H,5-6,10-11H2,1-2H3,(H,29,32)(H,26,27,28). The van der Waals surface area contributed by atoms with Gasteiger partial charge < -0.3 is 9.47 Å². The molecule has 0 unspecified atom stereocenters. The molecule has 0 aliphatic rings. The van der Waals surface area contributed by atoms with E-state index < -0.39 is 17.5 Å². The molecule has 33 heavy (non-hydrogen) atoms. The lowest BCUT2D eigenvalue weighted by Crippen LogP contribution is -2.21. The number of hydrogen-bond donors (Lipinski definition) is 3. The van der Waals surface area contributed by atoms with Gasteiger partial charge in [-0.05, 0) is 31.7 Å². The molecule has 1 aromatic carbocycles. The van der Waals surface area contributed by atoms with E-state index in [2.05, 4.69) is 25.1 Å². The SMILES string of the molecule is Cc1nc(CCN(C)Cc2cn(Cc3ccc(F)cc3F)c3cnc(C(=O)NO)cc23)n[nH]1. The lowest BCUT2D eigenvalue weighted by Gasteiger charge is -2.15. The molecule has 4 aromatic rings. The van der Waals surface area contributed by atoms with Crippen molar-refractivity contribution in [2.45, 2.75) is 26.4 Å². The topological polar surface area (TPSA) is 112 Å². The number of likely N-dealkylation sites (N-methyl/N-ethyl adjacent to an activating group) is 1. The Bertz CT molecular complexity index is 1300. The van der Waals surface area contributed by atoms with E-state index in [1.165, 1.54) is 18.3 Å². The number of aromatic nitrogens is 5. The number of amides is 1. The summed E-state index contributed by atoms with van der Waals surface area (Å²) < 4.78 is 29.4. The van der Waals surface area contributed by atoms with Gasteiger partial charge in [-0.3, -0.25) is 15.1 Å². The van der Waals surface area contributed by atoms with Gasteiger partial charge in [0.15, 0.2) is 5.82 Å². The number of fused-ring (bicyclic) bond motifs is 1. The Labute approximate surface area is 188 Å². The number of carbonyl (C=O) groups excluding carboxylic acids is 1. The number of H-pyrrole nitrogens is 1. The molecule has 0 aliphatic carbocycles. The van der Waals surface area contributed by atoms with Crippen molar-refractivity contribution in [3.05, 3.63) is 76.8 Å². The smallest absolute Gasteiger partial charge is 0.293 e. The molecule has 0 fully saturated rings. The molecule has 11 heteroatoms. The number of halogens is 2. The highest BCUT2D eigenvalue weighted by atomic mass is 19.1. The highest BCUT2D eigenvalue weighted by Crippen LogP contribution is 2.25. The number of benzene rings is 1. The Morgan fingerprint density at radius 3 is 2.79 bits per heavy atom. The van der Waals surface area contributed by atoms with Crippen LogP contribution < -0.4 is 5.48 Å². The number of hydroxylamine groups is 1. The summed E-state index contributed by atoms with van der Waals surface area (Å²) in [5.41, 5.74) is 3.53. The quantitative estimate of drug-likeness (QED) is 0.278. The number of pyridine rings is 1. The molecule has 0 radical (unpaired) electrons. The first-order valence-electron chi connectivity index (χ1n) is 10.3. The van der Waals surface area contributed by atoms with Gasteiger partial charge in [-0.25, -0.2) is 24.2 Å². The first-order chi connectivity index (χ1) is 15.8. The van der Waals surface area contributed by atoms with Gasteiger partial charge in [0.25, 0.3) is 5.91 Å². The first-order valence-corrected chi connectivity index (χ1v) is 10.3. The number of rotatable bonds is 8. The van der Waals surface area contributed by atoms with Gasteiger partial charge in [0.1, 0.15) is 23.2 Å². The van der Waals surface area contributed by atoms with Gasteiger partial charge in [0.2, 0.25) is 0 Å². The van der Waals surface area contributed by atoms with Crippen molar-refractivity contribution in [1.82, 2.24) is 35.1 Å². The normalized spacial score (nSPS) is 11.5. The van der Waals surface area contributed by atoms with E-state index in [1.807, 2.05) is 20.2 Å². The van der Waals surface area contributed by atoms with E-state index in [4.69, 9.17) is 5.21 Å². The second-order valence-electron chi connectivity index (χ2n) is 7.87. The first kappa shape index (κ1) is 22.5. The summed E-state index contributed by atoms with van der Waals surface area (Å²) in [6, 6.07) is 5.05. The molecule has 0 bridgehead atoms. The summed E-state index contributed by atoms with van der Waals surface area (Å²) in [4.78, 5) is 22.4. The van der Waals surface area contributed by atoms with Gasteiger partial charge in [-0.1, -0.05) is 6.07 Å². The molecule has 172 valence electrons. The zero-order valence-electron chi connectivity index (χ0n) is 18.1. The van der Waals surface area contributed by atoms with Gasteiger partial charge in [0, 0.05) is 42.7 Å². The van der Waals surface area contributed by atoms with Crippen molar-refractivity contribution in [2.75, 3.05) is 13.6 Å². The van der Waals surface area contributed by atoms with Gasteiger partial charge in [-0.2, -0.15) is 5.10 Å². The van der Waals surface area contributed by atoms with Gasteiger partial charge >= 0.3 is 0 Å². The van der Waals surface area contributed by atoms with Crippen LogP contribution in [-0.2, 0) is 19.5 Å². The van der Waals surface area contributed by atoms with Crippen LogP contribution in [0.15, 0.2) is 36.7 Å².